The third kappa shape index (κ3) is 3.60. The molecule has 0 spiro atoms. The Kier molecular flexibility index (Phi) is 4.49. The number of hydrogen-bond donors (Lipinski definition) is 1. The van der Waals surface area contributed by atoms with Crippen LogP contribution in [0.3, 0.4) is 0 Å². The van der Waals surface area contributed by atoms with Crippen LogP contribution < -0.4 is 5.32 Å². The Morgan fingerprint density at radius 2 is 2.33 bits per heavy atom. The van der Waals surface area contributed by atoms with Crippen LogP contribution in [0.15, 0.2) is 12.4 Å². The molecule has 21 heavy (non-hydrogen) atoms. The van der Waals surface area contributed by atoms with Gasteiger partial charge < -0.3 is 19.7 Å². The summed E-state index contributed by atoms with van der Waals surface area (Å²) in [5, 5.41) is 3.23. The minimum Gasteiger partial charge on any atom is -0.449 e. The number of cyclic esters (lactones) is 1. The molecule has 7 heteroatoms. The molecule has 2 saturated heterocycles. The molecule has 2 aliphatic rings. The van der Waals surface area contributed by atoms with Crippen molar-refractivity contribution in [2.75, 3.05) is 44.8 Å². The van der Waals surface area contributed by atoms with E-state index in [0.717, 1.165) is 44.1 Å². The van der Waals surface area contributed by atoms with Gasteiger partial charge in [-0.1, -0.05) is 0 Å². The van der Waals surface area contributed by atoms with E-state index in [9.17, 15) is 4.79 Å². The number of carbonyl (C=O) groups excluding carboxylic acids is 1. The number of carbonyl (C=O) groups is 1. The second-order valence-corrected chi connectivity index (χ2v) is 5.27. The van der Waals surface area contributed by atoms with Crippen molar-refractivity contribution in [3.05, 3.63) is 18.1 Å². The normalized spacial score (nSPS) is 22.2. The van der Waals surface area contributed by atoms with Crippen LogP contribution in [0.5, 0.6) is 0 Å². The van der Waals surface area contributed by atoms with E-state index < -0.39 is 0 Å². The van der Waals surface area contributed by atoms with Crippen molar-refractivity contribution in [1.82, 2.24) is 14.9 Å². The Labute approximate surface area is 123 Å². The predicted octanol–water partition coefficient (Wildman–Crippen LogP) is 1.23. The van der Waals surface area contributed by atoms with Gasteiger partial charge in [-0.05, 0) is 12.8 Å². The van der Waals surface area contributed by atoms with Gasteiger partial charge in [-0.15, -0.1) is 0 Å². The fourth-order valence-electron chi connectivity index (χ4n) is 2.58. The third-order valence-electron chi connectivity index (χ3n) is 3.78. The summed E-state index contributed by atoms with van der Waals surface area (Å²) >= 11 is 0. The van der Waals surface area contributed by atoms with Gasteiger partial charge in [-0.25, -0.2) is 14.8 Å². The van der Waals surface area contributed by atoms with Crippen molar-refractivity contribution in [2.45, 2.75) is 18.8 Å². The van der Waals surface area contributed by atoms with Crippen molar-refractivity contribution in [2.24, 2.45) is 0 Å². The van der Waals surface area contributed by atoms with Gasteiger partial charge in [-0.3, -0.25) is 0 Å². The molecule has 0 aliphatic carbocycles. The Morgan fingerprint density at radius 3 is 3.14 bits per heavy atom. The lowest BCUT2D eigenvalue weighted by atomic mass is 10.1. The van der Waals surface area contributed by atoms with E-state index in [4.69, 9.17) is 9.47 Å². The maximum Gasteiger partial charge on any atom is 0.409 e. The van der Waals surface area contributed by atoms with E-state index in [2.05, 4.69) is 15.3 Å². The smallest absolute Gasteiger partial charge is 0.409 e. The second kappa shape index (κ2) is 6.71. The maximum absolute atomic E-state index is 11.5. The number of rotatable bonds is 5. The molecule has 3 heterocycles. The second-order valence-electron chi connectivity index (χ2n) is 5.27. The SMILES string of the molecule is O=C1OCCCN1CCNc1cc(C2CCOC2)ncn1. The minimum absolute atomic E-state index is 0.227. The molecule has 0 radical (unpaired) electrons. The Bertz CT molecular complexity index is 491. The highest BCUT2D eigenvalue weighted by Gasteiger charge is 2.20. The molecule has 114 valence electrons. The maximum atomic E-state index is 11.5. The van der Waals surface area contributed by atoms with E-state index in [-0.39, 0.29) is 6.09 Å². The molecular formula is C14H20N4O3. The van der Waals surface area contributed by atoms with E-state index in [0.29, 0.717) is 25.6 Å². The zero-order valence-corrected chi connectivity index (χ0v) is 12.0. The van der Waals surface area contributed by atoms with Gasteiger partial charge in [0.25, 0.3) is 0 Å². The Morgan fingerprint density at radius 1 is 1.38 bits per heavy atom. The van der Waals surface area contributed by atoms with E-state index >= 15 is 0 Å². The number of amides is 1. The van der Waals surface area contributed by atoms with Crippen LogP contribution in [0.1, 0.15) is 24.5 Å². The average Bonchev–Trinajstić information content (AvgIpc) is 3.04. The van der Waals surface area contributed by atoms with Crippen molar-refractivity contribution in [3.8, 4) is 0 Å². The number of nitrogens with zero attached hydrogens (tertiary/aromatic N) is 3. The third-order valence-corrected chi connectivity index (χ3v) is 3.78. The Balaban J connectivity index is 1.50. The highest BCUT2D eigenvalue weighted by atomic mass is 16.6. The van der Waals surface area contributed by atoms with Crippen LogP contribution >= 0.6 is 0 Å². The summed E-state index contributed by atoms with van der Waals surface area (Å²) in [7, 11) is 0. The lowest BCUT2D eigenvalue weighted by Gasteiger charge is -2.26. The number of hydrogen-bond acceptors (Lipinski definition) is 6. The van der Waals surface area contributed by atoms with Crippen molar-refractivity contribution >= 4 is 11.9 Å². The first-order chi connectivity index (χ1) is 10.3. The van der Waals surface area contributed by atoms with Gasteiger partial charge >= 0.3 is 6.09 Å². The minimum atomic E-state index is -0.227. The van der Waals surface area contributed by atoms with E-state index in [1.54, 1.807) is 11.2 Å². The summed E-state index contributed by atoms with van der Waals surface area (Å²) in [6, 6.07) is 1.97. The highest BCUT2D eigenvalue weighted by Crippen LogP contribution is 2.24. The largest absolute Gasteiger partial charge is 0.449 e. The lowest BCUT2D eigenvalue weighted by molar-refractivity contribution is 0.0746. The highest BCUT2D eigenvalue weighted by molar-refractivity contribution is 5.68. The fraction of sp³-hybridized carbons (Fsp3) is 0.643. The van der Waals surface area contributed by atoms with Crippen LogP contribution in [-0.2, 0) is 9.47 Å². The standard InChI is InChI=1S/C14H20N4O3/c19-14-18(4-1-6-21-14)5-3-15-13-8-12(16-10-17-13)11-2-7-20-9-11/h8,10-11H,1-7,9H2,(H,15,16,17). The molecule has 3 rings (SSSR count). The number of ether oxygens (including phenoxy) is 2. The van der Waals surface area contributed by atoms with Crippen molar-refractivity contribution < 1.29 is 14.3 Å². The van der Waals surface area contributed by atoms with Crippen LogP contribution in [0.4, 0.5) is 10.6 Å². The Hall–Kier alpha value is -1.89. The molecule has 0 aromatic carbocycles. The molecule has 0 saturated carbocycles. The molecule has 1 N–H and O–H groups in total. The quantitative estimate of drug-likeness (QED) is 0.879. The van der Waals surface area contributed by atoms with E-state index in [1.165, 1.54) is 0 Å². The number of nitrogens with one attached hydrogen (secondary N) is 1. The van der Waals surface area contributed by atoms with Crippen molar-refractivity contribution in [1.29, 1.82) is 0 Å². The van der Waals surface area contributed by atoms with Gasteiger partial charge in [0.1, 0.15) is 12.1 Å². The average molecular weight is 292 g/mol. The molecule has 1 aromatic rings. The molecule has 2 aliphatic heterocycles. The zero-order chi connectivity index (χ0) is 14.5. The van der Waals surface area contributed by atoms with Crippen molar-refractivity contribution in [3.63, 3.8) is 0 Å². The number of aromatic nitrogens is 2. The summed E-state index contributed by atoms with van der Waals surface area (Å²) in [6.45, 7) is 4.08. The molecule has 7 nitrogen and oxygen atoms in total. The topological polar surface area (TPSA) is 76.6 Å². The summed E-state index contributed by atoms with van der Waals surface area (Å²) < 4.78 is 10.4. The first-order valence-electron chi connectivity index (χ1n) is 7.38. The molecule has 1 amide bonds. The van der Waals surface area contributed by atoms with Gasteiger partial charge in [-0.2, -0.15) is 0 Å². The molecule has 0 bridgehead atoms. The molecule has 2 fully saturated rings. The fourth-order valence-corrected chi connectivity index (χ4v) is 2.58. The molecule has 1 unspecified atom stereocenters. The van der Waals surface area contributed by atoms with Crippen LogP contribution in [0, 0.1) is 0 Å². The predicted molar refractivity (Wildman–Crippen MR) is 76.2 cm³/mol. The van der Waals surface area contributed by atoms with Crippen LogP contribution in [0.25, 0.3) is 0 Å². The molecule has 1 aromatic heterocycles. The first kappa shape index (κ1) is 14.1. The van der Waals surface area contributed by atoms with Gasteiger partial charge in [0.2, 0.25) is 0 Å². The molecule has 1 atom stereocenters. The van der Waals surface area contributed by atoms with Crippen LogP contribution in [0.2, 0.25) is 0 Å². The van der Waals surface area contributed by atoms with Gasteiger partial charge in [0.05, 0.1) is 18.9 Å². The summed E-state index contributed by atoms with van der Waals surface area (Å²) in [4.78, 5) is 21.7. The lowest BCUT2D eigenvalue weighted by Crippen LogP contribution is -2.40. The van der Waals surface area contributed by atoms with Gasteiger partial charge in [0, 0.05) is 38.2 Å². The summed E-state index contributed by atoms with van der Waals surface area (Å²) in [6.07, 6.45) is 3.25. The van der Waals surface area contributed by atoms with E-state index in [1.807, 2.05) is 6.07 Å². The van der Waals surface area contributed by atoms with Crippen LogP contribution in [-0.4, -0.2) is 60.4 Å². The summed E-state index contributed by atoms with van der Waals surface area (Å²) in [5.41, 5.74) is 1.02. The first-order valence-corrected chi connectivity index (χ1v) is 7.38. The zero-order valence-electron chi connectivity index (χ0n) is 12.0. The molecular weight excluding hydrogens is 272 g/mol. The number of anilines is 1. The van der Waals surface area contributed by atoms with Gasteiger partial charge in [0.15, 0.2) is 0 Å². The monoisotopic (exact) mass is 292 g/mol. The summed E-state index contributed by atoms with van der Waals surface area (Å²) in [5.74, 6) is 1.16.